The molecule has 1 aromatic heterocycles. The zero-order valence-electron chi connectivity index (χ0n) is 10.7. The van der Waals surface area contributed by atoms with Crippen LogP contribution in [0.1, 0.15) is 19.5 Å². The Morgan fingerprint density at radius 1 is 1.56 bits per heavy atom. The zero-order chi connectivity index (χ0) is 13.9. The predicted octanol–water partition coefficient (Wildman–Crippen LogP) is 0.135. The second kappa shape index (κ2) is 5.69. The van der Waals surface area contributed by atoms with Gasteiger partial charge >= 0.3 is 0 Å². The average Bonchev–Trinajstić information content (AvgIpc) is 2.36. The van der Waals surface area contributed by atoms with Crippen LogP contribution in [0.5, 0.6) is 0 Å². The van der Waals surface area contributed by atoms with Gasteiger partial charge in [0, 0.05) is 41.8 Å². The van der Waals surface area contributed by atoms with Crippen molar-refractivity contribution in [3.63, 3.8) is 0 Å². The van der Waals surface area contributed by atoms with Crippen molar-refractivity contribution in [3.8, 4) is 0 Å². The average molecular weight is 260 g/mol. The molecular weight excluding hydrogens is 246 g/mol. The van der Waals surface area contributed by atoms with Gasteiger partial charge in [-0.25, -0.2) is 0 Å². The van der Waals surface area contributed by atoms with E-state index in [-0.39, 0.29) is 5.91 Å². The molecule has 1 heterocycles. The lowest BCUT2D eigenvalue weighted by Gasteiger charge is -2.36. The van der Waals surface area contributed by atoms with Gasteiger partial charge in [0.15, 0.2) is 0 Å². The van der Waals surface area contributed by atoms with Crippen molar-refractivity contribution in [2.45, 2.75) is 24.1 Å². The van der Waals surface area contributed by atoms with Crippen molar-refractivity contribution in [2.24, 2.45) is 0 Å². The van der Waals surface area contributed by atoms with E-state index in [0.29, 0.717) is 16.3 Å². The summed E-state index contributed by atoms with van der Waals surface area (Å²) < 4.78 is 11.7. The molecule has 0 aliphatic rings. The van der Waals surface area contributed by atoms with Crippen LogP contribution in [0.4, 0.5) is 0 Å². The van der Waals surface area contributed by atoms with E-state index >= 15 is 0 Å². The highest BCUT2D eigenvalue weighted by Gasteiger charge is 2.28. The molecule has 0 saturated heterocycles. The summed E-state index contributed by atoms with van der Waals surface area (Å²) in [6.45, 7) is 3.18. The molecule has 0 fully saturated rings. The predicted molar refractivity (Wildman–Crippen MR) is 72.8 cm³/mol. The molecule has 1 aromatic rings. The van der Waals surface area contributed by atoms with E-state index in [9.17, 15) is 9.00 Å². The van der Waals surface area contributed by atoms with E-state index in [4.69, 9.17) is 15.7 Å². The lowest BCUT2D eigenvalue weighted by atomic mass is 9.58. The smallest absolute Gasteiger partial charge is 0.218 e. The van der Waals surface area contributed by atoms with Crippen LogP contribution in [-0.2, 0) is 20.9 Å². The minimum Gasteiger partial charge on any atom is -0.352 e. The van der Waals surface area contributed by atoms with Crippen LogP contribution in [0, 0.1) is 0 Å². The molecule has 4 radical (unpaired) electrons. The van der Waals surface area contributed by atoms with Crippen LogP contribution in [0.3, 0.4) is 0 Å². The van der Waals surface area contributed by atoms with Crippen LogP contribution in [0.2, 0.25) is 0 Å². The quantitative estimate of drug-likeness (QED) is 0.723. The van der Waals surface area contributed by atoms with Crippen molar-refractivity contribution in [1.29, 1.82) is 0 Å². The molecule has 92 valence electrons. The summed E-state index contributed by atoms with van der Waals surface area (Å²) in [5, 5.41) is -1.51. The molecular formula is C11H14B2N2O2S. The van der Waals surface area contributed by atoms with Crippen LogP contribution >= 0.6 is 0 Å². The highest BCUT2D eigenvalue weighted by molar-refractivity contribution is 7.85. The molecule has 0 aliphatic carbocycles. The monoisotopic (exact) mass is 260 g/mol. The van der Waals surface area contributed by atoms with Crippen molar-refractivity contribution >= 4 is 32.4 Å². The highest BCUT2D eigenvalue weighted by atomic mass is 32.2. The van der Waals surface area contributed by atoms with Gasteiger partial charge in [0.25, 0.3) is 0 Å². The number of rotatable bonds is 4. The molecule has 18 heavy (non-hydrogen) atoms. The Labute approximate surface area is 112 Å². The van der Waals surface area contributed by atoms with E-state index in [1.807, 2.05) is 6.92 Å². The van der Waals surface area contributed by atoms with Crippen molar-refractivity contribution in [3.05, 3.63) is 24.0 Å². The van der Waals surface area contributed by atoms with Crippen LogP contribution in [0.25, 0.3) is 0 Å². The first-order valence-electron chi connectivity index (χ1n) is 5.47. The molecule has 0 bridgehead atoms. The number of aromatic nitrogens is 1. The normalized spacial score (nSPS) is 13.1. The van der Waals surface area contributed by atoms with Gasteiger partial charge in [0.2, 0.25) is 5.91 Å². The number of carbonyl (C=O) groups excluding carboxylic acids is 1. The van der Waals surface area contributed by atoms with Gasteiger partial charge in [-0.1, -0.05) is 6.92 Å². The fourth-order valence-corrected chi connectivity index (χ4v) is 2.16. The largest absolute Gasteiger partial charge is 0.352 e. The number of pyridine rings is 1. The number of amides is 1. The topological polar surface area (TPSA) is 50.3 Å². The Bertz CT molecular complexity index is 480. The minimum atomic E-state index is -1.51. The maximum absolute atomic E-state index is 11.7. The third-order valence-corrected chi connectivity index (χ3v) is 4.00. The van der Waals surface area contributed by atoms with Crippen LogP contribution < -0.4 is 0 Å². The summed E-state index contributed by atoms with van der Waals surface area (Å²) in [6.07, 6.45) is 1.49. The van der Waals surface area contributed by atoms with Gasteiger partial charge in [-0.2, -0.15) is 0 Å². The Balaban J connectivity index is 3.17. The fraction of sp³-hybridized carbons (Fsp3) is 0.455. The molecule has 1 amide bonds. The SMILES string of the molecule is [B]C([B])(c1cc(S(=O)CC)ccn1)N(C)C(C)=O. The zero-order valence-corrected chi connectivity index (χ0v) is 11.5. The van der Waals surface area contributed by atoms with Gasteiger partial charge < -0.3 is 4.90 Å². The number of carbonyl (C=O) groups is 1. The Hall–Kier alpha value is -1.10. The van der Waals surface area contributed by atoms with E-state index in [2.05, 4.69) is 4.98 Å². The van der Waals surface area contributed by atoms with Crippen LogP contribution in [-0.4, -0.2) is 48.5 Å². The molecule has 1 unspecified atom stereocenters. The van der Waals surface area contributed by atoms with Gasteiger partial charge in [0.05, 0.1) is 26.5 Å². The Morgan fingerprint density at radius 2 is 2.17 bits per heavy atom. The first-order valence-corrected chi connectivity index (χ1v) is 6.79. The standard InChI is InChI=1S/C11H14B2N2O2S/c1-4-18(17)9-5-6-14-10(7-9)11(12,13)15(3)8(2)16/h5-7H,4H2,1-3H3. The summed E-state index contributed by atoms with van der Waals surface area (Å²) in [5.41, 5.74) is 0.305. The third-order valence-electron chi connectivity index (χ3n) is 2.69. The summed E-state index contributed by atoms with van der Waals surface area (Å²) in [7, 11) is 12.2. The van der Waals surface area contributed by atoms with Crippen molar-refractivity contribution in [1.82, 2.24) is 9.88 Å². The molecule has 1 rings (SSSR count). The lowest BCUT2D eigenvalue weighted by Crippen LogP contribution is -2.48. The molecule has 0 aliphatic heterocycles. The first-order chi connectivity index (χ1) is 8.30. The maximum atomic E-state index is 11.7. The van der Waals surface area contributed by atoms with Crippen LogP contribution in [0.15, 0.2) is 23.2 Å². The third kappa shape index (κ3) is 3.02. The summed E-state index contributed by atoms with van der Waals surface area (Å²) in [4.78, 5) is 17.2. The van der Waals surface area contributed by atoms with Gasteiger partial charge in [-0.3, -0.25) is 14.0 Å². The Morgan fingerprint density at radius 3 is 2.67 bits per heavy atom. The minimum absolute atomic E-state index is 0.274. The fourth-order valence-electron chi connectivity index (χ4n) is 1.37. The molecule has 0 aromatic carbocycles. The summed E-state index contributed by atoms with van der Waals surface area (Å²) in [6, 6.07) is 3.21. The van der Waals surface area contributed by atoms with Crippen molar-refractivity contribution < 1.29 is 9.00 Å². The van der Waals surface area contributed by atoms with E-state index in [1.165, 1.54) is 25.1 Å². The molecule has 7 heteroatoms. The number of hydrogen-bond acceptors (Lipinski definition) is 3. The van der Waals surface area contributed by atoms with Gasteiger partial charge in [0.1, 0.15) is 0 Å². The lowest BCUT2D eigenvalue weighted by molar-refractivity contribution is -0.129. The second-order valence-corrected chi connectivity index (χ2v) is 5.65. The summed E-state index contributed by atoms with van der Waals surface area (Å²) in [5.74, 6) is 0.220. The van der Waals surface area contributed by atoms with E-state index in [1.54, 1.807) is 12.1 Å². The maximum Gasteiger partial charge on any atom is 0.218 e. The second-order valence-electron chi connectivity index (χ2n) is 3.91. The van der Waals surface area contributed by atoms with E-state index < -0.39 is 16.1 Å². The molecule has 4 nitrogen and oxygen atoms in total. The van der Waals surface area contributed by atoms with Gasteiger partial charge in [-0.15, -0.1) is 0 Å². The molecule has 0 saturated carbocycles. The Kier molecular flexibility index (Phi) is 4.73. The van der Waals surface area contributed by atoms with Crippen molar-refractivity contribution in [2.75, 3.05) is 12.8 Å². The van der Waals surface area contributed by atoms with Gasteiger partial charge in [-0.05, 0) is 12.1 Å². The van der Waals surface area contributed by atoms with E-state index in [0.717, 1.165) is 0 Å². The number of hydrogen-bond donors (Lipinski definition) is 0. The molecule has 0 N–H and O–H groups in total. The molecule has 1 atom stereocenters. The first kappa shape index (κ1) is 15.0. The highest BCUT2D eigenvalue weighted by Crippen LogP contribution is 2.20. The summed E-state index contributed by atoms with van der Waals surface area (Å²) >= 11 is 0. The number of nitrogens with zero attached hydrogens (tertiary/aromatic N) is 2. The molecule has 0 spiro atoms.